The van der Waals surface area contributed by atoms with Crippen LogP contribution in [0.2, 0.25) is 0 Å². The average molecular weight is 286 g/mol. The molecule has 0 aliphatic heterocycles. The average Bonchev–Trinajstić information content (AvgIpc) is 2.49. The second-order valence-electron chi connectivity index (χ2n) is 4.89. The van der Waals surface area contributed by atoms with Crippen LogP contribution in [0, 0.1) is 13.8 Å². The number of rotatable bonds is 5. The number of benzene rings is 1. The van der Waals surface area contributed by atoms with E-state index >= 15 is 0 Å². The lowest BCUT2D eigenvalue weighted by Gasteiger charge is -2.15. The minimum atomic E-state index is 0.786. The number of nitrogens with one attached hydrogen (secondary N) is 2. The molecule has 5 nitrogen and oxygen atoms in total. The van der Waals surface area contributed by atoms with Gasteiger partial charge in [0.05, 0.1) is 12.8 Å². The minimum absolute atomic E-state index is 0.786. The van der Waals surface area contributed by atoms with E-state index in [4.69, 9.17) is 4.74 Å². The Morgan fingerprint density at radius 1 is 1.14 bits per heavy atom. The molecule has 0 fully saturated rings. The summed E-state index contributed by atoms with van der Waals surface area (Å²) in [6.07, 6.45) is 0.786. The van der Waals surface area contributed by atoms with Crippen molar-refractivity contribution in [2.45, 2.75) is 27.2 Å². The molecule has 1 aromatic carbocycles. The summed E-state index contributed by atoms with van der Waals surface area (Å²) in [5, 5.41) is 6.48. The van der Waals surface area contributed by atoms with Crippen LogP contribution in [0.15, 0.2) is 18.2 Å². The molecule has 1 heterocycles. The van der Waals surface area contributed by atoms with Gasteiger partial charge in [-0.1, -0.05) is 13.0 Å². The van der Waals surface area contributed by atoms with Gasteiger partial charge in [-0.3, -0.25) is 0 Å². The summed E-state index contributed by atoms with van der Waals surface area (Å²) in [7, 11) is 3.53. The van der Waals surface area contributed by atoms with Crippen LogP contribution in [0.4, 0.5) is 17.3 Å². The van der Waals surface area contributed by atoms with E-state index in [0.29, 0.717) is 0 Å². The highest BCUT2D eigenvalue weighted by Gasteiger charge is 2.11. The van der Waals surface area contributed by atoms with Gasteiger partial charge in [0.2, 0.25) is 0 Å². The maximum absolute atomic E-state index is 5.40. The first kappa shape index (κ1) is 15.1. The monoisotopic (exact) mass is 286 g/mol. The molecule has 0 unspecified atom stereocenters. The first-order chi connectivity index (χ1) is 10.1. The molecule has 0 saturated carbocycles. The Labute approximate surface area is 125 Å². The highest BCUT2D eigenvalue weighted by molar-refractivity contribution is 5.69. The molecule has 0 atom stereocenters. The number of aryl methyl sites for hydroxylation is 2. The lowest BCUT2D eigenvalue weighted by atomic mass is 10.2. The molecule has 2 N–H and O–H groups in total. The van der Waals surface area contributed by atoms with E-state index in [9.17, 15) is 0 Å². The summed E-state index contributed by atoms with van der Waals surface area (Å²) in [5.41, 5.74) is 3.05. The van der Waals surface area contributed by atoms with Gasteiger partial charge in [0.1, 0.15) is 23.2 Å². The number of hydrogen-bond acceptors (Lipinski definition) is 5. The van der Waals surface area contributed by atoms with Gasteiger partial charge < -0.3 is 15.4 Å². The fraction of sp³-hybridized carbons (Fsp3) is 0.375. The highest BCUT2D eigenvalue weighted by Crippen LogP contribution is 2.30. The van der Waals surface area contributed by atoms with Crippen LogP contribution in [0.5, 0.6) is 5.75 Å². The predicted octanol–water partition coefficient (Wildman–Crippen LogP) is 3.45. The van der Waals surface area contributed by atoms with E-state index in [1.807, 2.05) is 46.0 Å². The summed E-state index contributed by atoms with van der Waals surface area (Å²) in [4.78, 5) is 9.06. The Hall–Kier alpha value is -2.30. The third-order valence-electron chi connectivity index (χ3n) is 3.35. The minimum Gasteiger partial charge on any atom is -0.495 e. The maximum atomic E-state index is 5.40. The molecule has 1 aromatic heterocycles. The van der Waals surface area contributed by atoms with E-state index in [1.165, 1.54) is 0 Å². The largest absolute Gasteiger partial charge is 0.495 e. The van der Waals surface area contributed by atoms with E-state index in [2.05, 4.69) is 20.6 Å². The van der Waals surface area contributed by atoms with Crippen molar-refractivity contribution in [1.82, 2.24) is 9.97 Å². The molecule has 0 spiro atoms. The van der Waals surface area contributed by atoms with Crippen LogP contribution in [-0.4, -0.2) is 24.1 Å². The van der Waals surface area contributed by atoms with E-state index in [1.54, 1.807) is 7.11 Å². The molecule has 0 radical (unpaired) electrons. The molecule has 0 aliphatic rings. The van der Waals surface area contributed by atoms with Crippen LogP contribution >= 0.6 is 0 Å². The summed E-state index contributed by atoms with van der Waals surface area (Å²) >= 11 is 0. The van der Waals surface area contributed by atoms with Crippen molar-refractivity contribution in [3.05, 3.63) is 35.2 Å². The molecule has 0 saturated heterocycles. The normalized spacial score (nSPS) is 10.3. The van der Waals surface area contributed by atoms with Gasteiger partial charge in [0.25, 0.3) is 0 Å². The number of nitrogens with zero attached hydrogens (tertiary/aromatic N) is 2. The van der Waals surface area contributed by atoms with Crippen LogP contribution in [0.3, 0.4) is 0 Å². The van der Waals surface area contributed by atoms with Gasteiger partial charge >= 0.3 is 0 Å². The number of hydrogen-bond donors (Lipinski definition) is 2. The topological polar surface area (TPSA) is 59.1 Å². The Morgan fingerprint density at radius 3 is 2.48 bits per heavy atom. The molecule has 112 valence electrons. The number of ether oxygens (including phenoxy) is 1. The van der Waals surface area contributed by atoms with Crippen LogP contribution in [-0.2, 0) is 6.42 Å². The van der Waals surface area contributed by atoms with Crippen molar-refractivity contribution in [1.29, 1.82) is 0 Å². The molecule has 0 bridgehead atoms. The molecule has 5 heteroatoms. The number of aromatic nitrogens is 2. The fourth-order valence-electron chi connectivity index (χ4n) is 2.13. The van der Waals surface area contributed by atoms with Crippen molar-refractivity contribution >= 4 is 17.3 Å². The smallest absolute Gasteiger partial charge is 0.142 e. The molecule has 0 amide bonds. The SMILES string of the molecule is CCc1nc(NC)c(C)c(Nc2cc(C)ccc2OC)n1. The quantitative estimate of drug-likeness (QED) is 0.881. The van der Waals surface area contributed by atoms with Gasteiger partial charge in [-0.2, -0.15) is 0 Å². The third kappa shape index (κ3) is 3.24. The zero-order valence-electron chi connectivity index (χ0n) is 13.2. The van der Waals surface area contributed by atoms with Gasteiger partial charge in [-0.15, -0.1) is 0 Å². The molecular formula is C16H22N4O. The lowest BCUT2D eigenvalue weighted by Crippen LogP contribution is -2.07. The summed E-state index contributed by atoms with van der Waals surface area (Å²) in [5.74, 6) is 3.24. The second-order valence-corrected chi connectivity index (χ2v) is 4.89. The second kappa shape index (κ2) is 6.43. The third-order valence-corrected chi connectivity index (χ3v) is 3.35. The number of anilines is 3. The first-order valence-corrected chi connectivity index (χ1v) is 7.06. The Morgan fingerprint density at radius 2 is 1.86 bits per heavy atom. The van der Waals surface area contributed by atoms with E-state index in [-0.39, 0.29) is 0 Å². The standard InChI is InChI=1S/C16H22N4O/c1-6-14-19-15(17-4)11(3)16(20-14)18-12-9-10(2)7-8-13(12)21-5/h7-9H,6H2,1-5H3,(H2,17,18,19,20). The Bertz CT molecular complexity index is 640. The van der Waals surface area contributed by atoms with E-state index in [0.717, 1.165) is 46.4 Å². The molecule has 0 aliphatic carbocycles. The Kier molecular flexibility index (Phi) is 4.62. The summed E-state index contributed by atoms with van der Waals surface area (Å²) in [6, 6.07) is 6.02. The zero-order valence-corrected chi connectivity index (χ0v) is 13.2. The molecule has 21 heavy (non-hydrogen) atoms. The van der Waals surface area contributed by atoms with Gasteiger partial charge in [0, 0.05) is 19.0 Å². The van der Waals surface area contributed by atoms with Crippen LogP contribution in [0.1, 0.15) is 23.9 Å². The van der Waals surface area contributed by atoms with Crippen LogP contribution in [0.25, 0.3) is 0 Å². The first-order valence-electron chi connectivity index (χ1n) is 7.06. The zero-order chi connectivity index (χ0) is 15.4. The van der Waals surface area contributed by atoms with Crippen molar-refractivity contribution in [3.8, 4) is 5.75 Å². The molecule has 2 aromatic rings. The van der Waals surface area contributed by atoms with Gasteiger partial charge in [-0.05, 0) is 31.5 Å². The van der Waals surface area contributed by atoms with Crippen molar-refractivity contribution in [3.63, 3.8) is 0 Å². The highest BCUT2D eigenvalue weighted by atomic mass is 16.5. The van der Waals surface area contributed by atoms with Gasteiger partial charge in [-0.25, -0.2) is 9.97 Å². The maximum Gasteiger partial charge on any atom is 0.142 e. The van der Waals surface area contributed by atoms with Crippen molar-refractivity contribution in [2.75, 3.05) is 24.8 Å². The molecular weight excluding hydrogens is 264 g/mol. The van der Waals surface area contributed by atoms with Crippen LogP contribution < -0.4 is 15.4 Å². The van der Waals surface area contributed by atoms with Crippen molar-refractivity contribution < 1.29 is 4.74 Å². The summed E-state index contributed by atoms with van der Waals surface area (Å²) < 4.78 is 5.40. The number of methoxy groups -OCH3 is 1. The van der Waals surface area contributed by atoms with Crippen molar-refractivity contribution in [2.24, 2.45) is 0 Å². The van der Waals surface area contributed by atoms with E-state index < -0.39 is 0 Å². The predicted molar refractivity (Wildman–Crippen MR) is 86.7 cm³/mol. The Balaban J connectivity index is 2.46. The lowest BCUT2D eigenvalue weighted by molar-refractivity contribution is 0.416. The molecule has 2 rings (SSSR count). The fourth-order valence-corrected chi connectivity index (χ4v) is 2.13. The van der Waals surface area contributed by atoms with Gasteiger partial charge in [0.15, 0.2) is 0 Å². The summed E-state index contributed by atoms with van der Waals surface area (Å²) in [6.45, 7) is 6.09.